The highest BCUT2D eigenvalue weighted by Crippen LogP contribution is 2.33. The Balaban J connectivity index is 1.82. The minimum Gasteiger partial charge on any atom is -0.298 e. The number of aryl methyl sites for hydroxylation is 2. The summed E-state index contributed by atoms with van der Waals surface area (Å²) in [5, 5.41) is 0.905. The Bertz CT molecular complexity index is 740. The summed E-state index contributed by atoms with van der Waals surface area (Å²) in [6.45, 7) is 3.08. The van der Waals surface area contributed by atoms with E-state index in [1.807, 2.05) is 7.05 Å². The van der Waals surface area contributed by atoms with Crippen LogP contribution >= 0.6 is 11.3 Å². The summed E-state index contributed by atoms with van der Waals surface area (Å²) in [7, 11) is 1.88. The second-order valence-electron chi connectivity index (χ2n) is 6.27. The van der Waals surface area contributed by atoms with Gasteiger partial charge in [0.1, 0.15) is 10.7 Å². The Hall–Kier alpha value is -1.20. The Labute approximate surface area is 128 Å². The van der Waals surface area contributed by atoms with Crippen LogP contribution in [0.4, 0.5) is 0 Å². The van der Waals surface area contributed by atoms with Crippen LogP contribution < -0.4 is 5.56 Å². The molecule has 21 heavy (non-hydrogen) atoms. The molecular formula is C16H21N3OS. The fourth-order valence-corrected chi connectivity index (χ4v) is 4.88. The molecule has 4 nitrogen and oxygen atoms in total. The smallest absolute Gasteiger partial charge is 0.262 e. The quantitative estimate of drug-likeness (QED) is 0.855. The van der Waals surface area contributed by atoms with Crippen LogP contribution in [0, 0.1) is 0 Å². The average molecular weight is 303 g/mol. The Kier molecular flexibility index (Phi) is 3.34. The van der Waals surface area contributed by atoms with Gasteiger partial charge in [-0.25, -0.2) is 4.98 Å². The fourth-order valence-electron chi connectivity index (χ4n) is 3.61. The van der Waals surface area contributed by atoms with Crippen molar-refractivity contribution in [3.63, 3.8) is 0 Å². The molecule has 0 atom stereocenters. The summed E-state index contributed by atoms with van der Waals surface area (Å²) >= 11 is 1.75. The largest absolute Gasteiger partial charge is 0.298 e. The molecule has 0 unspecified atom stereocenters. The average Bonchev–Trinajstić information content (AvgIpc) is 3.11. The van der Waals surface area contributed by atoms with E-state index in [-0.39, 0.29) is 5.56 Å². The maximum Gasteiger partial charge on any atom is 0.262 e. The summed E-state index contributed by atoms with van der Waals surface area (Å²) in [5.41, 5.74) is 1.45. The van der Waals surface area contributed by atoms with E-state index in [1.165, 1.54) is 36.1 Å². The zero-order chi connectivity index (χ0) is 14.4. The van der Waals surface area contributed by atoms with Crippen LogP contribution in [0.2, 0.25) is 0 Å². The first-order valence-corrected chi connectivity index (χ1v) is 8.78. The monoisotopic (exact) mass is 303 g/mol. The van der Waals surface area contributed by atoms with Crippen molar-refractivity contribution in [2.45, 2.75) is 45.1 Å². The molecule has 0 aromatic carbocycles. The molecule has 2 aromatic heterocycles. The second-order valence-corrected chi connectivity index (χ2v) is 7.35. The number of rotatable bonds is 2. The minimum absolute atomic E-state index is 0.161. The molecule has 112 valence electrons. The summed E-state index contributed by atoms with van der Waals surface area (Å²) in [6, 6.07) is 0. The summed E-state index contributed by atoms with van der Waals surface area (Å²) in [5.74, 6) is 0.924. The second kappa shape index (κ2) is 5.21. The van der Waals surface area contributed by atoms with Gasteiger partial charge in [-0.05, 0) is 57.2 Å². The van der Waals surface area contributed by atoms with E-state index in [0.717, 1.165) is 48.5 Å². The van der Waals surface area contributed by atoms with Crippen molar-refractivity contribution in [3.05, 3.63) is 26.6 Å². The number of aromatic nitrogens is 2. The van der Waals surface area contributed by atoms with Gasteiger partial charge in [0.05, 0.1) is 11.9 Å². The van der Waals surface area contributed by atoms with E-state index < -0.39 is 0 Å². The molecule has 2 aliphatic rings. The van der Waals surface area contributed by atoms with Crippen molar-refractivity contribution < 1.29 is 0 Å². The molecule has 0 radical (unpaired) electrons. The van der Waals surface area contributed by atoms with Crippen LogP contribution in [-0.2, 0) is 26.4 Å². The molecule has 0 amide bonds. The summed E-state index contributed by atoms with van der Waals surface area (Å²) < 4.78 is 1.78. The predicted octanol–water partition coefficient (Wildman–Crippen LogP) is 2.47. The lowest BCUT2D eigenvalue weighted by Crippen LogP contribution is -2.28. The van der Waals surface area contributed by atoms with Crippen molar-refractivity contribution in [1.82, 2.24) is 14.5 Å². The lowest BCUT2D eigenvalue weighted by atomic mass is 9.97. The maximum atomic E-state index is 12.8. The molecule has 4 rings (SSSR count). The third kappa shape index (κ3) is 2.23. The van der Waals surface area contributed by atoms with Gasteiger partial charge in [0.15, 0.2) is 0 Å². The number of fused-ring (bicyclic) bond motifs is 3. The highest BCUT2D eigenvalue weighted by molar-refractivity contribution is 7.18. The van der Waals surface area contributed by atoms with Crippen LogP contribution in [-0.4, -0.2) is 27.5 Å². The number of hydrogen-bond donors (Lipinski definition) is 0. The maximum absolute atomic E-state index is 12.8. The summed E-state index contributed by atoms with van der Waals surface area (Å²) in [6.07, 6.45) is 7.17. The molecule has 0 bridgehead atoms. The van der Waals surface area contributed by atoms with Crippen molar-refractivity contribution in [3.8, 4) is 0 Å². The molecule has 1 aliphatic heterocycles. The number of nitrogens with zero attached hydrogens (tertiary/aromatic N) is 3. The molecule has 0 spiro atoms. The van der Waals surface area contributed by atoms with Gasteiger partial charge in [0.2, 0.25) is 0 Å². The van der Waals surface area contributed by atoms with E-state index in [9.17, 15) is 4.79 Å². The van der Waals surface area contributed by atoms with Crippen LogP contribution in [0.1, 0.15) is 41.9 Å². The fraction of sp³-hybridized carbons (Fsp3) is 0.625. The van der Waals surface area contributed by atoms with Gasteiger partial charge in [0.25, 0.3) is 5.56 Å². The van der Waals surface area contributed by atoms with Gasteiger partial charge >= 0.3 is 0 Å². The summed E-state index contributed by atoms with van der Waals surface area (Å²) in [4.78, 5) is 22.4. The van der Waals surface area contributed by atoms with Crippen molar-refractivity contribution in [2.24, 2.45) is 7.05 Å². The van der Waals surface area contributed by atoms with Crippen LogP contribution in [0.3, 0.4) is 0 Å². The van der Waals surface area contributed by atoms with Crippen LogP contribution in [0.5, 0.6) is 0 Å². The Morgan fingerprint density at radius 2 is 1.90 bits per heavy atom. The first kappa shape index (κ1) is 13.5. The van der Waals surface area contributed by atoms with E-state index in [2.05, 4.69) is 4.90 Å². The molecule has 1 fully saturated rings. The molecule has 2 aromatic rings. The highest BCUT2D eigenvalue weighted by atomic mass is 32.1. The van der Waals surface area contributed by atoms with Crippen molar-refractivity contribution in [2.75, 3.05) is 13.1 Å². The Morgan fingerprint density at radius 1 is 1.14 bits per heavy atom. The van der Waals surface area contributed by atoms with Crippen molar-refractivity contribution in [1.29, 1.82) is 0 Å². The third-order valence-electron chi connectivity index (χ3n) is 4.85. The van der Waals surface area contributed by atoms with Gasteiger partial charge in [0, 0.05) is 11.9 Å². The minimum atomic E-state index is 0.161. The third-order valence-corrected chi connectivity index (χ3v) is 6.04. The van der Waals surface area contributed by atoms with Gasteiger partial charge in [-0.2, -0.15) is 0 Å². The number of hydrogen-bond acceptors (Lipinski definition) is 4. The van der Waals surface area contributed by atoms with E-state index >= 15 is 0 Å². The highest BCUT2D eigenvalue weighted by Gasteiger charge is 2.22. The standard InChI is InChI=1S/C16H21N3OS/c1-18-13(10-19-8-4-5-9-19)17-15-14(16(18)20)11-6-2-3-7-12(11)21-15/h2-10H2,1H3. The van der Waals surface area contributed by atoms with E-state index in [0.29, 0.717) is 0 Å². The van der Waals surface area contributed by atoms with Crippen LogP contribution in [0.25, 0.3) is 10.2 Å². The lowest BCUT2D eigenvalue weighted by molar-refractivity contribution is 0.317. The van der Waals surface area contributed by atoms with Gasteiger partial charge in [-0.3, -0.25) is 14.3 Å². The van der Waals surface area contributed by atoms with E-state index in [1.54, 1.807) is 15.9 Å². The zero-order valence-corrected chi connectivity index (χ0v) is 13.3. The van der Waals surface area contributed by atoms with Gasteiger partial charge < -0.3 is 0 Å². The van der Waals surface area contributed by atoms with Crippen LogP contribution in [0.15, 0.2) is 4.79 Å². The van der Waals surface area contributed by atoms with Gasteiger partial charge in [-0.15, -0.1) is 11.3 Å². The first-order valence-electron chi connectivity index (χ1n) is 7.96. The van der Waals surface area contributed by atoms with E-state index in [4.69, 9.17) is 4.98 Å². The molecule has 0 saturated carbocycles. The predicted molar refractivity (Wildman–Crippen MR) is 86.0 cm³/mol. The number of likely N-dealkylation sites (tertiary alicyclic amines) is 1. The zero-order valence-electron chi connectivity index (χ0n) is 12.5. The van der Waals surface area contributed by atoms with Gasteiger partial charge in [-0.1, -0.05) is 0 Å². The molecule has 1 saturated heterocycles. The lowest BCUT2D eigenvalue weighted by Gasteiger charge is -2.16. The molecule has 0 N–H and O–H groups in total. The van der Waals surface area contributed by atoms with Crippen molar-refractivity contribution >= 4 is 21.6 Å². The Morgan fingerprint density at radius 3 is 2.71 bits per heavy atom. The molecule has 5 heteroatoms. The molecular weight excluding hydrogens is 282 g/mol. The molecule has 3 heterocycles. The first-order chi connectivity index (χ1) is 10.2. The topological polar surface area (TPSA) is 38.1 Å². The normalized spacial score (nSPS) is 19.3. The SMILES string of the molecule is Cn1c(CN2CCCC2)nc2sc3c(c2c1=O)CCCC3. The molecule has 1 aliphatic carbocycles. The number of thiophene rings is 1.